The molecule has 0 radical (unpaired) electrons. The first-order valence-corrected chi connectivity index (χ1v) is 12.5. The number of hydrogen-bond donors (Lipinski definition) is 0. The van der Waals surface area contributed by atoms with Crippen molar-refractivity contribution in [2.24, 2.45) is 0 Å². The molecule has 192 valence electrons. The minimum Gasteiger partial charge on any atom is -0.282 e. The van der Waals surface area contributed by atoms with Crippen molar-refractivity contribution in [2.75, 3.05) is 13.1 Å². The molecule has 37 heavy (non-hydrogen) atoms. The second-order valence-corrected chi connectivity index (χ2v) is 8.91. The van der Waals surface area contributed by atoms with Crippen LogP contribution >= 0.6 is 0 Å². The Morgan fingerprint density at radius 1 is 0.703 bits per heavy atom. The number of amides is 4. The molecule has 0 atom stereocenters. The summed E-state index contributed by atoms with van der Waals surface area (Å²) in [6.45, 7) is 0.856. The minimum atomic E-state index is -0.0693. The summed E-state index contributed by atoms with van der Waals surface area (Å²) in [5.41, 5.74) is 2.81. The van der Waals surface area contributed by atoms with E-state index in [0.717, 1.165) is 16.9 Å². The Hall–Kier alpha value is -4.21. The van der Waals surface area contributed by atoms with Gasteiger partial charge in [-0.15, -0.1) is 0 Å². The van der Waals surface area contributed by atoms with Gasteiger partial charge >= 0.3 is 0 Å². The summed E-state index contributed by atoms with van der Waals surface area (Å²) in [5.74, 6) is -0.247. The molecule has 2 fully saturated rings. The van der Waals surface area contributed by atoms with Crippen LogP contribution in [-0.4, -0.2) is 66.3 Å². The van der Waals surface area contributed by atoms with Crippen LogP contribution in [-0.2, 0) is 32.0 Å². The molecule has 0 N–H and O–H groups in total. The third-order valence-corrected chi connectivity index (χ3v) is 6.26. The number of aromatic nitrogens is 4. The Morgan fingerprint density at radius 2 is 1.30 bits per heavy atom. The molecule has 0 saturated carbocycles. The predicted octanol–water partition coefficient (Wildman–Crippen LogP) is 2.51. The number of rotatable bonds is 7. The van der Waals surface area contributed by atoms with Gasteiger partial charge in [-0.05, 0) is 37.0 Å². The van der Waals surface area contributed by atoms with Gasteiger partial charge in [0.05, 0.1) is 17.6 Å². The Bertz CT molecular complexity index is 1200. The zero-order chi connectivity index (χ0) is 26.0. The number of para-hydroxylation sites is 1. The van der Waals surface area contributed by atoms with Crippen molar-refractivity contribution in [2.45, 2.75) is 51.4 Å². The maximum Gasteiger partial charge on any atom is 0.229 e. The van der Waals surface area contributed by atoms with E-state index < -0.39 is 0 Å². The first kappa shape index (κ1) is 25.9. The van der Waals surface area contributed by atoms with Gasteiger partial charge in [0.1, 0.15) is 0 Å². The molecule has 2 aromatic heterocycles. The molecule has 4 heterocycles. The summed E-state index contributed by atoms with van der Waals surface area (Å²) in [7, 11) is 0. The number of hydrogen-bond acceptors (Lipinski definition) is 7. The topological polar surface area (TPSA) is 118 Å². The number of piperidine rings is 2. The van der Waals surface area contributed by atoms with E-state index in [-0.39, 0.29) is 23.6 Å². The highest BCUT2D eigenvalue weighted by Gasteiger charge is 2.26. The molecule has 2 saturated heterocycles. The first-order valence-electron chi connectivity index (χ1n) is 12.5. The van der Waals surface area contributed by atoms with Gasteiger partial charge < -0.3 is 0 Å². The van der Waals surface area contributed by atoms with Crippen LogP contribution in [0.5, 0.6) is 0 Å². The van der Waals surface area contributed by atoms with E-state index in [0.29, 0.717) is 64.5 Å². The van der Waals surface area contributed by atoms with Crippen LogP contribution in [0.1, 0.15) is 49.8 Å². The number of imide groups is 2. The van der Waals surface area contributed by atoms with E-state index in [1.165, 1.54) is 9.80 Å². The van der Waals surface area contributed by atoms with E-state index in [9.17, 15) is 19.2 Å². The van der Waals surface area contributed by atoms with Gasteiger partial charge in [0, 0.05) is 70.0 Å². The molecule has 5 rings (SSSR count). The molecule has 0 bridgehead atoms. The van der Waals surface area contributed by atoms with Crippen molar-refractivity contribution in [3.63, 3.8) is 0 Å². The van der Waals surface area contributed by atoms with E-state index in [1.807, 2.05) is 36.5 Å². The Labute approximate surface area is 215 Å². The van der Waals surface area contributed by atoms with Crippen molar-refractivity contribution >= 4 is 23.6 Å². The predicted molar refractivity (Wildman–Crippen MR) is 134 cm³/mol. The highest BCUT2D eigenvalue weighted by molar-refractivity contribution is 5.98. The van der Waals surface area contributed by atoms with Gasteiger partial charge in [0.15, 0.2) is 0 Å². The minimum absolute atomic E-state index is 0.0540. The summed E-state index contributed by atoms with van der Waals surface area (Å²) in [4.78, 5) is 57.2. The maximum absolute atomic E-state index is 11.7. The van der Waals surface area contributed by atoms with Gasteiger partial charge in [-0.2, -0.15) is 5.10 Å². The molecular weight excluding hydrogens is 472 g/mol. The van der Waals surface area contributed by atoms with Crippen molar-refractivity contribution in [3.8, 4) is 5.69 Å². The summed E-state index contributed by atoms with van der Waals surface area (Å²) in [6, 6.07) is 9.84. The van der Waals surface area contributed by atoms with Crippen LogP contribution < -0.4 is 0 Å². The molecule has 0 aliphatic carbocycles. The molecule has 2 aliphatic heterocycles. The monoisotopic (exact) mass is 502 g/mol. The third kappa shape index (κ3) is 7.16. The van der Waals surface area contributed by atoms with E-state index >= 15 is 0 Å². The summed E-state index contributed by atoms with van der Waals surface area (Å²) in [5, 5.41) is 4.32. The molecule has 2 aliphatic rings. The summed E-state index contributed by atoms with van der Waals surface area (Å²) < 4.78 is 1.80. The van der Waals surface area contributed by atoms with Crippen molar-refractivity contribution in [3.05, 3.63) is 72.6 Å². The Kier molecular flexibility index (Phi) is 8.85. The van der Waals surface area contributed by atoms with Crippen LogP contribution in [0.3, 0.4) is 0 Å². The van der Waals surface area contributed by atoms with Gasteiger partial charge in [-0.3, -0.25) is 38.9 Å². The highest BCUT2D eigenvalue weighted by Crippen LogP contribution is 2.14. The van der Waals surface area contributed by atoms with Gasteiger partial charge in [-0.1, -0.05) is 18.2 Å². The van der Waals surface area contributed by atoms with E-state index in [4.69, 9.17) is 0 Å². The fourth-order valence-corrected chi connectivity index (χ4v) is 4.24. The molecule has 10 heteroatoms. The van der Waals surface area contributed by atoms with E-state index in [1.54, 1.807) is 29.5 Å². The SMILES string of the molecule is O=C1CCCC(=O)N1CCc1cnccn1.O=C1CCCC(=O)N1CCc1cnn(-c2ccccc2)c1. The number of nitrogens with zero attached hydrogens (tertiary/aromatic N) is 6. The summed E-state index contributed by atoms with van der Waals surface area (Å²) >= 11 is 0. The van der Waals surface area contributed by atoms with Gasteiger partial charge in [0.2, 0.25) is 23.6 Å². The molecule has 4 amide bonds. The third-order valence-electron chi connectivity index (χ3n) is 6.26. The molecule has 0 unspecified atom stereocenters. The lowest BCUT2D eigenvalue weighted by molar-refractivity contribution is -0.149. The van der Waals surface area contributed by atoms with Crippen molar-refractivity contribution in [1.29, 1.82) is 0 Å². The lowest BCUT2D eigenvalue weighted by Crippen LogP contribution is -2.41. The second-order valence-electron chi connectivity index (χ2n) is 8.91. The molecule has 10 nitrogen and oxygen atoms in total. The average Bonchev–Trinajstić information content (AvgIpc) is 3.39. The maximum atomic E-state index is 11.7. The number of benzene rings is 1. The fourth-order valence-electron chi connectivity index (χ4n) is 4.24. The van der Waals surface area contributed by atoms with Crippen LogP contribution in [0.15, 0.2) is 61.3 Å². The van der Waals surface area contributed by atoms with Crippen LogP contribution in [0.25, 0.3) is 5.69 Å². The highest BCUT2D eigenvalue weighted by atomic mass is 16.2. The number of carbonyl (C=O) groups is 4. The molecule has 1 aromatic carbocycles. The molecular formula is C27H30N6O4. The zero-order valence-electron chi connectivity index (χ0n) is 20.7. The zero-order valence-corrected chi connectivity index (χ0v) is 20.7. The smallest absolute Gasteiger partial charge is 0.229 e. The quantitative estimate of drug-likeness (QED) is 0.456. The fraction of sp³-hybridized carbons (Fsp3) is 0.370. The Balaban J connectivity index is 0.000000180. The molecule has 0 spiro atoms. The second kappa shape index (κ2) is 12.7. The standard InChI is InChI=1S/C16H17N3O2.C11H13N3O2/c20-15-7-4-8-16(21)18(15)10-9-13-11-17-19(12-13)14-5-2-1-3-6-14;15-10-2-1-3-11(16)14(10)7-4-9-8-12-5-6-13-9/h1-3,5-6,11-12H,4,7-10H2;5-6,8H,1-4,7H2. The van der Waals surface area contributed by atoms with Gasteiger partial charge in [0.25, 0.3) is 0 Å². The van der Waals surface area contributed by atoms with Crippen molar-refractivity contribution in [1.82, 2.24) is 29.5 Å². The largest absolute Gasteiger partial charge is 0.282 e. The molecule has 3 aromatic rings. The van der Waals surface area contributed by atoms with Crippen LogP contribution in [0, 0.1) is 0 Å². The summed E-state index contributed by atoms with van der Waals surface area (Å²) in [6.07, 6.45) is 13.1. The first-order chi connectivity index (χ1) is 18.0. The van der Waals surface area contributed by atoms with Crippen LogP contribution in [0.2, 0.25) is 0 Å². The van der Waals surface area contributed by atoms with Gasteiger partial charge in [-0.25, -0.2) is 4.68 Å². The Morgan fingerprint density at radius 3 is 1.86 bits per heavy atom. The normalized spacial score (nSPS) is 16.0. The lowest BCUT2D eigenvalue weighted by Gasteiger charge is -2.24. The van der Waals surface area contributed by atoms with Crippen LogP contribution in [0.4, 0.5) is 0 Å². The number of likely N-dealkylation sites (tertiary alicyclic amines) is 2. The average molecular weight is 503 g/mol. The van der Waals surface area contributed by atoms with E-state index in [2.05, 4.69) is 15.1 Å². The lowest BCUT2D eigenvalue weighted by atomic mass is 10.1. The van der Waals surface area contributed by atoms with Crippen molar-refractivity contribution < 1.29 is 19.2 Å². The number of carbonyl (C=O) groups excluding carboxylic acids is 4.